The van der Waals surface area contributed by atoms with Crippen LogP contribution < -0.4 is 10.1 Å². The number of benzene rings is 1. The van der Waals surface area contributed by atoms with Gasteiger partial charge in [-0.05, 0) is 69.5 Å². The van der Waals surface area contributed by atoms with E-state index in [1.165, 1.54) is 0 Å². The van der Waals surface area contributed by atoms with Crippen molar-refractivity contribution >= 4 is 5.82 Å². The number of nitrogens with one attached hydrogen (secondary N) is 1. The summed E-state index contributed by atoms with van der Waals surface area (Å²) in [7, 11) is 0. The molecule has 8 nitrogen and oxygen atoms in total. The number of aliphatic hydroxyl groups is 2. The monoisotopic (exact) mass is 426 g/mol. The van der Waals surface area contributed by atoms with Crippen molar-refractivity contribution in [1.29, 1.82) is 0 Å². The summed E-state index contributed by atoms with van der Waals surface area (Å²) in [4.78, 5) is 9.09. The van der Waals surface area contributed by atoms with Crippen LogP contribution in [0.2, 0.25) is 0 Å². The van der Waals surface area contributed by atoms with E-state index in [4.69, 9.17) is 14.4 Å². The Morgan fingerprint density at radius 3 is 2.55 bits per heavy atom. The number of ether oxygens (including phenoxy) is 1. The molecule has 0 aliphatic heterocycles. The first kappa shape index (κ1) is 22.7. The maximum absolute atomic E-state index is 9.59. The molecule has 0 unspecified atom stereocenters. The molecular weight excluding hydrogens is 396 g/mol. The molecule has 0 bridgehead atoms. The zero-order valence-electron chi connectivity index (χ0n) is 18.6. The van der Waals surface area contributed by atoms with E-state index in [0.717, 1.165) is 40.2 Å². The molecule has 0 radical (unpaired) electrons. The fourth-order valence-electron chi connectivity index (χ4n) is 3.30. The average molecular weight is 427 g/mol. The first-order valence-corrected chi connectivity index (χ1v) is 10.5. The molecule has 0 aliphatic rings. The summed E-state index contributed by atoms with van der Waals surface area (Å²) in [5.74, 6) is 2.38. The molecule has 0 aliphatic carbocycles. The van der Waals surface area contributed by atoms with E-state index >= 15 is 0 Å². The predicted octanol–water partition coefficient (Wildman–Crippen LogP) is 3.53. The van der Waals surface area contributed by atoms with Crippen LogP contribution >= 0.6 is 0 Å². The lowest BCUT2D eigenvalue weighted by Crippen LogP contribution is -2.22. The Morgan fingerprint density at radius 2 is 1.87 bits per heavy atom. The smallest absolute Gasteiger partial charge is 0.258 e. The Labute approximate surface area is 182 Å². The number of anilines is 1. The van der Waals surface area contributed by atoms with E-state index in [1.54, 1.807) is 0 Å². The van der Waals surface area contributed by atoms with Crippen molar-refractivity contribution in [2.75, 3.05) is 18.5 Å². The van der Waals surface area contributed by atoms with Crippen LogP contribution in [0.1, 0.15) is 37.6 Å². The number of nitrogens with zero attached hydrogens (tertiary/aromatic N) is 3. The maximum atomic E-state index is 9.59. The zero-order valence-corrected chi connectivity index (χ0v) is 18.6. The van der Waals surface area contributed by atoms with Crippen LogP contribution in [0.3, 0.4) is 0 Å². The van der Waals surface area contributed by atoms with Gasteiger partial charge in [-0.1, -0.05) is 12.1 Å². The van der Waals surface area contributed by atoms with Crippen LogP contribution in [0.4, 0.5) is 5.82 Å². The van der Waals surface area contributed by atoms with E-state index in [-0.39, 0.29) is 19.3 Å². The van der Waals surface area contributed by atoms with Gasteiger partial charge in [-0.2, -0.15) is 4.98 Å². The summed E-state index contributed by atoms with van der Waals surface area (Å²) in [6.07, 6.45) is -0.181. The van der Waals surface area contributed by atoms with Crippen molar-refractivity contribution in [2.24, 2.45) is 0 Å². The molecule has 2 aromatic heterocycles. The Bertz CT molecular complexity index is 1030. The topological polar surface area (TPSA) is 114 Å². The number of hydrogen-bond acceptors (Lipinski definition) is 8. The second-order valence-electron chi connectivity index (χ2n) is 7.89. The second-order valence-corrected chi connectivity index (χ2v) is 7.89. The minimum atomic E-state index is -0.914. The highest BCUT2D eigenvalue weighted by atomic mass is 16.5. The number of aryl methyl sites for hydroxylation is 3. The van der Waals surface area contributed by atoms with E-state index in [1.807, 2.05) is 45.0 Å². The molecule has 8 heteroatoms. The number of aromatic nitrogens is 3. The molecule has 31 heavy (non-hydrogen) atoms. The van der Waals surface area contributed by atoms with Crippen LogP contribution in [0.5, 0.6) is 5.75 Å². The first-order chi connectivity index (χ1) is 14.8. The van der Waals surface area contributed by atoms with Crippen molar-refractivity contribution in [2.45, 2.75) is 53.2 Å². The number of rotatable bonds is 9. The first-order valence-electron chi connectivity index (χ1n) is 10.5. The Morgan fingerprint density at radius 1 is 1.10 bits per heavy atom. The minimum Gasteiger partial charge on any atom is -0.490 e. The summed E-state index contributed by atoms with van der Waals surface area (Å²) >= 11 is 0. The van der Waals surface area contributed by atoms with E-state index in [2.05, 4.69) is 34.3 Å². The third kappa shape index (κ3) is 5.59. The second kappa shape index (κ2) is 9.89. The normalized spacial score (nSPS) is 12.3. The van der Waals surface area contributed by atoms with Gasteiger partial charge in [0.25, 0.3) is 5.89 Å². The van der Waals surface area contributed by atoms with Crippen molar-refractivity contribution in [1.82, 2.24) is 15.1 Å². The fraction of sp³-hybridized carbons (Fsp3) is 0.435. The van der Waals surface area contributed by atoms with Gasteiger partial charge in [-0.3, -0.25) is 0 Å². The highest BCUT2D eigenvalue weighted by Gasteiger charge is 2.17. The van der Waals surface area contributed by atoms with Crippen LogP contribution in [0.15, 0.2) is 28.8 Å². The molecule has 3 N–H and O–H groups in total. The van der Waals surface area contributed by atoms with E-state index < -0.39 is 6.10 Å². The SMILES string of the molecule is CCc1cc(-c2noc(-c3cc(C)nc(NC(C)C)c3)n2)cc(C)c1OC[C@@H](O)CO. The van der Waals surface area contributed by atoms with Gasteiger partial charge in [0, 0.05) is 22.9 Å². The molecule has 0 amide bonds. The summed E-state index contributed by atoms with van der Waals surface area (Å²) in [5.41, 5.74) is 4.35. The molecule has 1 aromatic carbocycles. The van der Waals surface area contributed by atoms with Gasteiger partial charge in [-0.25, -0.2) is 4.98 Å². The molecule has 1 atom stereocenters. The maximum Gasteiger partial charge on any atom is 0.258 e. The van der Waals surface area contributed by atoms with Gasteiger partial charge >= 0.3 is 0 Å². The fourth-order valence-corrected chi connectivity index (χ4v) is 3.30. The van der Waals surface area contributed by atoms with Gasteiger partial charge in [0.15, 0.2) is 0 Å². The molecule has 3 aromatic rings. The molecule has 0 fully saturated rings. The number of aliphatic hydroxyl groups excluding tert-OH is 2. The molecule has 3 rings (SSSR count). The van der Waals surface area contributed by atoms with Crippen LogP contribution in [0, 0.1) is 13.8 Å². The summed E-state index contributed by atoms with van der Waals surface area (Å²) < 4.78 is 11.3. The highest BCUT2D eigenvalue weighted by molar-refractivity contribution is 5.65. The van der Waals surface area contributed by atoms with Crippen LogP contribution in [-0.4, -0.2) is 50.7 Å². The summed E-state index contributed by atoms with van der Waals surface area (Å²) in [5, 5.41) is 26.1. The van der Waals surface area contributed by atoms with E-state index in [9.17, 15) is 5.11 Å². The molecule has 0 saturated heterocycles. The zero-order chi connectivity index (χ0) is 22.5. The van der Waals surface area contributed by atoms with Gasteiger partial charge in [-0.15, -0.1) is 0 Å². The molecule has 0 spiro atoms. The summed E-state index contributed by atoms with van der Waals surface area (Å²) in [6.45, 7) is 9.69. The van der Waals surface area contributed by atoms with Crippen molar-refractivity contribution in [3.05, 3.63) is 41.1 Å². The van der Waals surface area contributed by atoms with Crippen molar-refractivity contribution < 1.29 is 19.5 Å². The summed E-state index contributed by atoms with van der Waals surface area (Å²) in [6, 6.07) is 7.96. The Balaban J connectivity index is 1.90. The Kier molecular flexibility index (Phi) is 7.25. The third-order valence-corrected chi connectivity index (χ3v) is 4.68. The van der Waals surface area contributed by atoms with Crippen LogP contribution in [-0.2, 0) is 6.42 Å². The molecule has 0 saturated carbocycles. The van der Waals surface area contributed by atoms with Gasteiger partial charge in [0.2, 0.25) is 5.82 Å². The van der Waals surface area contributed by atoms with E-state index in [0.29, 0.717) is 17.5 Å². The molecule has 166 valence electrons. The lowest BCUT2D eigenvalue weighted by atomic mass is 10.0. The van der Waals surface area contributed by atoms with Crippen molar-refractivity contribution in [3.63, 3.8) is 0 Å². The lowest BCUT2D eigenvalue weighted by Gasteiger charge is -2.16. The van der Waals surface area contributed by atoms with Gasteiger partial charge in [0.05, 0.1) is 6.61 Å². The van der Waals surface area contributed by atoms with Gasteiger partial charge < -0.3 is 24.8 Å². The lowest BCUT2D eigenvalue weighted by molar-refractivity contribution is 0.0531. The third-order valence-electron chi connectivity index (χ3n) is 4.68. The number of pyridine rings is 1. The van der Waals surface area contributed by atoms with Gasteiger partial charge in [0.1, 0.15) is 24.3 Å². The largest absolute Gasteiger partial charge is 0.490 e. The van der Waals surface area contributed by atoms with Crippen molar-refractivity contribution in [3.8, 4) is 28.6 Å². The molecule has 2 heterocycles. The minimum absolute atomic E-state index is 0.0319. The predicted molar refractivity (Wildman–Crippen MR) is 119 cm³/mol. The number of hydrogen-bond donors (Lipinski definition) is 3. The highest BCUT2D eigenvalue weighted by Crippen LogP contribution is 2.31. The quantitative estimate of drug-likeness (QED) is 0.476. The standard InChI is InChI=1S/C23H30N4O4/c1-6-16-9-17(7-14(4)21(16)30-12-19(29)11-28)22-26-23(31-27-22)18-8-15(5)25-20(10-18)24-13(2)3/h7-10,13,19,28-29H,6,11-12H2,1-5H3,(H,24,25)/t19-/m0/s1. The average Bonchev–Trinajstić information content (AvgIpc) is 3.21. The Hall–Kier alpha value is -2.97. The molecular formula is C23H30N4O4. The van der Waals surface area contributed by atoms with Crippen LogP contribution in [0.25, 0.3) is 22.8 Å².